The summed E-state index contributed by atoms with van der Waals surface area (Å²) in [7, 11) is 0. The molecule has 0 aliphatic rings. The Bertz CT molecular complexity index is 1440. The first-order valence-electron chi connectivity index (χ1n) is 9.26. The zero-order chi connectivity index (χ0) is 21.8. The second-order valence-electron chi connectivity index (χ2n) is 7.18. The van der Waals surface area contributed by atoms with Crippen LogP contribution in [0.3, 0.4) is 0 Å². The summed E-state index contributed by atoms with van der Waals surface area (Å²) in [6.07, 6.45) is 1.65. The molecule has 1 atom stereocenters. The molecule has 3 heterocycles. The molecule has 5 rings (SSSR count). The van der Waals surface area contributed by atoms with E-state index in [1.165, 1.54) is 23.6 Å². The van der Waals surface area contributed by atoms with Gasteiger partial charge in [-0.2, -0.15) is 9.61 Å². The molecule has 0 aliphatic carbocycles. The molecule has 1 unspecified atom stereocenters. The number of alkyl halides is 1. The van der Waals surface area contributed by atoms with Gasteiger partial charge < -0.3 is 0 Å². The first-order chi connectivity index (χ1) is 14.8. The molecule has 0 saturated carbocycles. The molecule has 0 aliphatic heterocycles. The van der Waals surface area contributed by atoms with Crippen LogP contribution in [0.5, 0.6) is 0 Å². The van der Waals surface area contributed by atoms with Crippen LogP contribution in [0.15, 0.2) is 60.8 Å². The summed E-state index contributed by atoms with van der Waals surface area (Å²) >= 11 is 0. The fraction of sp³-hybridized carbons (Fsp3) is 0.0909. The van der Waals surface area contributed by atoms with E-state index in [1.807, 2.05) is 6.07 Å². The third-order valence-electron chi connectivity index (χ3n) is 5.11. The summed E-state index contributed by atoms with van der Waals surface area (Å²) in [6, 6.07) is 13.1. The SMILES string of the molecule is CC(F)(c1ccc2ncccc2c1)c1nnc2ccc(-c3cc(F)c(F)c(F)c3)nn12. The van der Waals surface area contributed by atoms with Gasteiger partial charge in [0.1, 0.15) is 0 Å². The van der Waals surface area contributed by atoms with Gasteiger partial charge in [-0.1, -0.05) is 12.1 Å². The van der Waals surface area contributed by atoms with Gasteiger partial charge in [-0.15, -0.1) is 10.2 Å². The van der Waals surface area contributed by atoms with Gasteiger partial charge in [-0.3, -0.25) is 4.98 Å². The van der Waals surface area contributed by atoms with E-state index in [9.17, 15) is 13.2 Å². The van der Waals surface area contributed by atoms with Gasteiger partial charge in [0.25, 0.3) is 0 Å². The van der Waals surface area contributed by atoms with Gasteiger partial charge in [-0.25, -0.2) is 17.6 Å². The fourth-order valence-corrected chi connectivity index (χ4v) is 3.44. The van der Waals surface area contributed by atoms with Crippen molar-refractivity contribution >= 4 is 16.6 Å². The summed E-state index contributed by atoms with van der Waals surface area (Å²) in [6.45, 7) is 1.33. The highest BCUT2D eigenvalue weighted by molar-refractivity contribution is 5.79. The van der Waals surface area contributed by atoms with E-state index in [0.29, 0.717) is 11.1 Å². The van der Waals surface area contributed by atoms with Crippen molar-refractivity contribution < 1.29 is 17.6 Å². The van der Waals surface area contributed by atoms with Gasteiger partial charge in [0, 0.05) is 17.1 Å². The van der Waals surface area contributed by atoms with E-state index < -0.39 is 23.1 Å². The molecule has 2 aromatic carbocycles. The van der Waals surface area contributed by atoms with Gasteiger partial charge in [0.15, 0.2) is 34.6 Å². The lowest BCUT2D eigenvalue weighted by Crippen LogP contribution is -2.22. The number of nitrogens with zero attached hydrogens (tertiary/aromatic N) is 5. The summed E-state index contributed by atoms with van der Waals surface area (Å²) in [4.78, 5) is 4.23. The lowest BCUT2D eigenvalue weighted by atomic mass is 9.95. The molecule has 0 amide bonds. The van der Waals surface area contributed by atoms with E-state index >= 15 is 4.39 Å². The molecule has 0 saturated heterocycles. The number of aromatic nitrogens is 5. The van der Waals surface area contributed by atoms with Crippen LogP contribution in [0.1, 0.15) is 18.3 Å². The third kappa shape index (κ3) is 3.09. The van der Waals surface area contributed by atoms with Crippen LogP contribution in [0.25, 0.3) is 27.8 Å². The Kier molecular flexibility index (Phi) is 4.21. The molecule has 0 bridgehead atoms. The van der Waals surface area contributed by atoms with Crippen LogP contribution in [-0.4, -0.2) is 24.8 Å². The minimum absolute atomic E-state index is 0.00436. The Labute approximate surface area is 173 Å². The Morgan fingerprint density at radius 1 is 0.903 bits per heavy atom. The standard InChI is InChI=1S/C22H13F4N5/c1-22(26,14-4-5-17-12(9-14)3-2-8-27-17)21-29-28-19-7-6-18(30-31(19)21)13-10-15(23)20(25)16(24)11-13/h2-11H,1H3. The Balaban J connectivity index is 1.65. The topological polar surface area (TPSA) is 56.0 Å². The highest BCUT2D eigenvalue weighted by atomic mass is 19.2. The Morgan fingerprint density at radius 2 is 1.68 bits per heavy atom. The lowest BCUT2D eigenvalue weighted by Gasteiger charge is -2.19. The second kappa shape index (κ2) is 6.83. The monoisotopic (exact) mass is 423 g/mol. The van der Waals surface area contributed by atoms with Gasteiger partial charge in [0.05, 0.1) is 11.2 Å². The second-order valence-corrected chi connectivity index (χ2v) is 7.18. The van der Waals surface area contributed by atoms with Crippen LogP contribution in [0, 0.1) is 17.5 Å². The highest BCUT2D eigenvalue weighted by Crippen LogP contribution is 2.34. The van der Waals surface area contributed by atoms with E-state index in [-0.39, 0.29) is 22.7 Å². The van der Waals surface area contributed by atoms with E-state index in [4.69, 9.17) is 0 Å². The van der Waals surface area contributed by atoms with Crippen LogP contribution < -0.4 is 0 Å². The molecule has 154 valence electrons. The molecule has 0 radical (unpaired) electrons. The predicted molar refractivity (Wildman–Crippen MR) is 105 cm³/mol. The number of pyridine rings is 1. The van der Waals surface area contributed by atoms with Crippen LogP contribution in [0.2, 0.25) is 0 Å². The molecule has 3 aromatic heterocycles. The normalized spacial score (nSPS) is 13.6. The number of benzene rings is 2. The summed E-state index contributed by atoms with van der Waals surface area (Å²) < 4.78 is 57.8. The average Bonchev–Trinajstić information content (AvgIpc) is 3.21. The van der Waals surface area contributed by atoms with E-state index in [1.54, 1.807) is 30.5 Å². The summed E-state index contributed by atoms with van der Waals surface area (Å²) in [5.41, 5.74) is -0.718. The smallest absolute Gasteiger partial charge is 0.196 e. The predicted octanol–water partition coefficient (Wildman–Crippen LogP) is 4.99. The van der Waals surface area contributed by atoms with E-state index in [0.717, 1.165) is 17.5 Å². The van der Waals surface area contributed by atoms with Crippen LogP contribution >= 0.6 is 0 Å². The maximum Gasteiger partial charge on any atom is 0.196 e. The molecular weight excluding hydrogens is 410 g/mol. The zero-order valence-corrected chi connectivity index (χ0v) is 16.0. The minimum Gasteiger partial charge on any atom is -0.256 e. The molecule has 0 spiro atoms. The van der Waals surface area contributed by atoms with Crippen molar-refractivity contribution in [3.05, 3.63) is 89.6 Å². The zero-order valence-electron chi connectivity index (χ0n) is 16.0. The maximum atomic E-state index is 16.0. The highest BCUT2D eigenvalue weighted by Gasteiger charge is 2.35. The number of rotatable bonds is 3. The first-order valence-corrected chi connectivity index (χ1v) is 9.26. The number of hydrogen-bond donors (Lipinski definition) is 0. The van der Waals surface area contributed by atoms with Gasteiger partial charge >= 0.3 is 0 Å². The summed E-state index contributed by atoms with van der Waals surface area (Å²) in [5, 5.41) is 12.9. The number of halogens is 4. The molecule has 0 N–H and O–H groups in total. The molecule has 5 nitrogen and oxygen atoms in total. The van der Waals surface area contributed by atoms with Gasteiger partial charge in [-0.05, 0) is 55.0 Å². The van der Waals surface area contributed by atoms with Crippen LogP contribution in [-0.2, 0) is 5.67 Å². The molecule has 31 heavy (non-hydrogen) atoms. The molecular formula is C22H13F4N5. The van der Waals surface area contributed by atoms with Gasteiger partial charge in [0.2, 0.25) is 0 Å². The van der Waals surface area contributed by atoms with Crippen molar-refractivity contribution in [2.45, 2.75) is 12.6 Å². The van der Waals surface area contributed by atoms with Crippen molar-refractivity contribution in [3.63, 3.8) is 0 Å². The Hall–Kier alpha value is -3.88. The van der Waals surface area contributed by atoms with Crippen molar-refractivity contribution in [1.82, 2.24) is 24.8 Å². The quantitative estimate of drug-likeness (QED) is 0.303. The maximum absolute atomic E-state index is 16.0. The molecule has 0 fully saturated rings. The van der Waals surface area contributed by atoms with Crippen molar-refractivity contribution in [1.29, 1.82) is 0 Å². The average molecular weight is 423 g/mol. The number of fused-ring (bicyclic) bond motifs is 2. The summed E-state index contributed by atoms with van der Waals surface area (Å²) in [5.74, 6) is -4.38. The van der Waals surface area contributed by atoms with Crippen LogP contribution in [0.4, 0.5) is 17.6 Å². The van der Waals surface area contributed by atoms with Crippen molar-refractivity contribution in [2.75, 3.05) is 0 Å². The minimum atomic E-state index is -2.09. The number of hydrogen-bond acceptors (Lipinski definition) is 4. The third-order valence-corrected chi connectivity index (χ3v) is 5.11. The first kappa shape index (κ1) is 19.1. The van der Waals surface area contributed by atoms with Crippen molar-refractivity contribution in [2.24, 2.45) is 0 Å². The Morgan fingerprint density at radius 3 is 2.45 bits per heavy atom. The van der Waals surface area contributed by atoms with E-state index in [2.05, 4.69) is 20.3 Å². The largest absolute Gasteiger partial charge is 0.256 e. The lowest BCUT2D eigenvalue weighted by molar-refractivity contribution is 0.232. The molecule has 9 heteroatoms. The molecule has 5 aromatic rings. The fourth-order valence-electron chi connectivity index (χ4n) is 3.44. The van der Waals surface area contributed by atoms with Crippen molar-refractivity contribution in [3.8, 4) is 11.3 Å².